The molecule has 1 fully saturated rings. The average Bonchev–Trinajstić information content (AvgIpc) is 2.38. The molecule has 1 aromatic rings. The number of nitrogens with zero attached hydrogens (tertiary/aromatic N) is 2. The second-order valence-corrected chi connectivity index (χ2v) is 4.70. The zero-order valence-corrected chi connectivity index (χ0v) is 11.1. The molecule has 0 radical (unpaired) electrons. The van der Waals surface area contributed by atoms with Gasteiger partial charge in [-0.05, 0) is 37.6 Å². The molecule has 1 heterocycles. The smallest absolute Gasteiger partial charge is 0.142 e. The van der Waals surface area contributed by atoms with Crippen LogP contribution < -0.4 is 9.64 Å². The molecule has 0 unspecified atom stereocenters. The quantitative estimate of drug-likeness (QED) is 0.798. The third-order valence-corrected chi connectivity index (χ3v) is 3.37. The van der Waals surface area contributed by atoms with E-state index in [0.717, 1.165) is 25.4 Å². The van der Waals surface area contributed by atoms with Gasteiger partial charge in [0.1, 0.15) is 5.75 Å². The van der Waals surface area contributed by atoms with Crippen molar-refractivity contribution in [1.82, 2.24) is 4.90 Å². The lowest BCUT2D eigenvalue weighted by molar-refractivity contribution is 0.290. The van der Waals surface area contributed by atoms with Crippen LogP contribution in [0.15, 0.2) is 18.2 Å². The molecule has 2 rings (SSSR count). The first kappa shape index (κ1) is 12.2. The van der Waals surface area contributed by atoms with Gasteiger partial charge in [0, 0.05) is 13.1 Å². The molecule has 94 valence electrons. The predicted octanol–water partition coefficient (Wildman–Crippen LogP) is 2.36. The van der Waals surface area contributed by atoms with E-state index in [1.807, 2.05) is 0 Å². The molecule has 0 N–H and O–H groups in total. The third-order valence-electron chi connectivity index (χ3n) is 3.37. The monoisotopic (exact) mass is 234 g/mol. The first-order valence-corrected chi connectivity index (χ1v) is 6.35. The van der Waals surface area contributed by atoms with Crippen molar-refractivity contribution in [2.45, 2.75) is 19.8 Å². The standard InChI is InChI=1S/C14H22N2O/c1-4-12-6-7-13(14(10-12)17-3)16-9-5-8-15(2)11-16/h6-7,10H,4-5,8-9,11H2,1-3H3. The molecule has 0 aromatic heterocycles. The minimum absolute atomic E-state index is 0.988. The lowest BCUT2D eigenvalue weighted by Gasteiger charge is -2.35. The van der Waals surface area contributed by atoms with Crippen molar-refractivity contribution >= 4 is 5.69 Å². The van der Waals surface area contributed by atoms with Gasteiger partial charge in [-0.15, -0.1) is 0 Å². The summed E-state index contributed by atoms with van der Waals surface area (Å²) in [6.45, 7) is 5.46. The van der Waals surface area contributed by atoms with Crippen molar-refractivity contribution in [3.63, 3.8) is 0 Å². The van der Waals surface area contributed by atoms with Gasteiger partial charge < -0.3 is 9.64 Å². The van der Waals surface area contributed by atoms with Gasteiger partial charge >= 0.3 is 0 Å². The van der Waals surface area contributed by atoms with Crippen molar-refractivity contribution in [1.29, 1.82) is 0 Å². The van der Waals surface area contributed by atoms with Gasteiger partial charge in [-0.1, -0.05) is 13.0 Å². The minimum atomic E-state index is 0.988. The van der Waals surface area contributed by atoms with Crippen molar-refractivity contribution in [3.05, 3.63) is 23.8 Å². The average molecular weight is 234 g/mol. The highest BCUT2D eigenvalue weighted by molar-refractivity contribution is 5.60. The molecule has 17 heavy (non-hydrogen) atoms. The topological polar surface area (TPSA) is 15.7 Å². The Hall–Kier alpha value is -1.22. The van der Waals surface area contributed by atoms with Crippen LogP contribution in [0.3, 0.4) is 0 Å². The van der Waals surface area contributed by atoms with Crippen LogP contribution in [0.25, 0.3) is 0 Å². The van der Waals surface area contributed by atoms with E-state index in [2.05, 4.69) is 42.0 Å². The van der Waals surface area contributed by atoms with Crippen LogP contribution in [0, 0.1) is 0 Å². The summed E-state index contributed by atoms with van der Waals surface area (Å²) in [5.41, 5.74) is 2.55. The highest BCUT2D eigenvalue weighted by Gasteiger charge is 2.17. The molecule has 0 aliphatic carbocycles. The Morgan fingerprint density at radius 1 is 1.29 bits per heavy atom. The molecule has 0 saturated carbocycles. The highest BCUT2D eigenvalue weighted by Crippen LogP contribution is 2.30. The summed E-state index contributed by atoms with van der Waals surface area (Å²) in [6.07, 6.45) is 2.27. The SMILES string of the molecule is CCc1ccc(N2CCCN(C)C2)c(OC)c1. The number of anilines is 1. The maximum atomic E-state index is 5.52. The number of aryl methyl sites for hydroxylation is 1. The van der Waals surface area contributed by atoms with Crippen molar-refractivity contribution in [2.24, 2.45) is 0 Å². The predicted molar refractivity (Wildman–Crippen MR) is 71.8 cm³/mol. The largest absolute Gasteiger partial charge is 0.495 e. The van der Waals surface area contributed by atoms with Gasteiger partial charge in [0.25, 0.3) is 0 Å². The van der Waals surface area contributed by atoms with E-state index in [1.54, 1.807) is 7.11 Å². The molecular formula is C14H22N2O. The van der Waals surface area contributed by atoms with Crippen LogP contribution >= 0.6 is 0 Å². The molecule has 0 amide bonds. The summed E-state index contributed by atoms with van der Waals surface area (Å²) in [6, 6.07) is 6.55. The molecular weight excluding hydrogens is 212 g/mol. The Bertz CT molecular complexity index is 378. The van der Waals surface area contributed by atoms with E-state index in [9.17, 15) is 0 Å². The number of ether oxygens (including phenoxy) is 1. The molecule has 0 atom stereocenters. The lowest BCUT2D eigenvalue weighted by Crippen LogP contribution is -2.42. The van der Waals surface area contributed by atoms with Gasteiger partial charge in [-0.3, -0.25) is 4.90 Å². The number of methoxy groups -OCH3 is 1. The van der Waals surface area contributed by atoms with Crippen LogP contribution in [0.5, 0.6) is 5.75 Å². The third kappa shape index (κ3) is 2.72. The Morgan fingerprint density at radius 2 is 2.12 bits per heavy atom. The Kier molecular flexibility index (Phi) is 3.89. The fourth-order valence-corrected chi connectivity index (χ4v) is 2.36. The fraction of sp³-hybridized carbons (Fsp3) is 0.571. The number of hydrogen-bond acceptors (Lipinski definition) is 3. The van der Waals surface area contributed by atoms with Gasteiger partial charge in [0.2, 0.25) is 0 Å². The summed E-state index contributed by atoms with van der Waals surface area (Å²) in [7, 11) is 3.92. The number of hydrogen-bond donors (Lipinski definition) is 0. The lowest BCUT2D eigenvalue weighted by atomic mass is 10.1. The zero-order valence-electron chi connectivity index (χ0n) is 11.1. The highest BCUT2D eigenvalue weighted by atomic mass is 16.5. The van der Waals surface area contributed by atoms with Gasteiger partial charge in [0.15, 0.2) is 0 Å². The molecule has 3 nitrogen and oxygen atoms in total. The van der Waals surface area contributed by atoms with Crippen molar-refractivity contribution in [2.75, 3.05) is 38.8 Å². The van der Waals surface area contributed by atoms with E-state index in [1.165, 1.54) is 24.2 Å². The molecule has 3 heteroatoms. The summed E-state index contributed by atoms with van der Waals surface area (Å²) >= 11 is 0. The van der Waals surface area contributed by atoms with Gasteiger partial charge in [-0.25, -0.2) is 0 Å². The maximum absolute atomic E-state index is 5.52. The summed E-state index contributed by atoms with van der Waals surface area (Å²) in [4.78, 5) is 4.73. The summed E-state index contributed by atoms with van der Waals surface area (Å²) in [5, 5.41) is 0. The van der Waals surface area contributed by atoms with Crippen LogP contribution in [0.2, 0.25) is 0 Å². The van der Waals surface area contributed by atoms with Crippen LogP contribution in [-0.2, 0) is 6.42 Å². The van der Waals surface area contributed by atoms with E-state index >= 15 is 0 Å². The fourth-order valence-electron chi connectivity index (χ4n) is 2.36. The molecule has 1 saturated heterocycles. The Balaban J connectivity index is 2.24. The molecule has 1 aliphatic heterocycles. The van der Waals surface area contributed by atoms with E-state index in [4.69, 9.17) is 4.74 Å². The Labute approximate surface area is 104 Å². The summed E-state index contributed by atoms with van der Waals surface area (Å²) in [5.74, 6) is 1.000. The van der Waals surface area contributed by atoms with Crippen LogP contribution in [0.1, 0.15) is 18.9 Å². The second kappa shape index (κ2) is 5.41. The first-order chi connectivity index (χ1) is 8.24. The molecule has 1 aliphatic rings. The van der Waals surface area contributed by atoms with E-state index < -0.39 is 0 Å². The normalized spacial score (nSPS) is 17.2. The van der Waals surface area contributed by atoms with Crippen LogP contribution in [-0.4, -0.2) is 38.8 Å². The minimum Gasteiger partial charge on any atom is -0.495 e. The molecule has 0 spiro atoms. The summed E-state index contributed by atoms with van der Waals surface area (Å²) < 4.78 is 5.52. The van der Waals surface area contributed by atoms with E-state index in [0.29, 0.717) is 0 Å². The number of benzene rings is 1. The van der Waals surface area contributed by atoms with Crippen molar-refractivity contribution < 1.29 is 4.74 Å². The molecule has 1 aromatic carbocycles. The zero-order chi connectivity index (χ0) is 12.3. The second-order valence-electron chi connectivity index (χ2n) is 4.70. The van der Waals surface area contributed by atoms with Crippen LogP contribution in [0.4, 0.5) is 5.69 Å². The van der Waals surface area contributed by atoms with Gasteiger partial charge in [0.05, 0.1) is 19.5 Å². The first-order valence-electron chi connectivity index (χ1n) is 6.35. The molecule has 0 bridgehead atoms. The number of rotatable bonds is 3. The maximum Gasteiger partial charge on any atom is 0.142 e. The van der Waals surface area contributed by atoms with E-state index in [-0.39, 0.29) is 0 Å². The van der Waals surface area contributed by atoms with Crippen molar-refractivity contribution in [3.8, 4) is 5.75 Å². The van der Waals surface area contributed by atoms with Gasteiger partial charge in [-0.2, -0.15) is 0 Å². The Morgan fingerprint density at radius 3 is 2.76 bits per heavy atom.